The van der Waals surface area contributed by atoms with E-state index in [1.807, 2.05) is 0 Å². The van der Waals surface area contributed by atoms with Gasteiger partial charge in [0.25, 0.3) is 6.04 Å². The van der Waals surface area contributed by atoms with Crippen LogP contribution in [0.2, 0.25) is 0 Å². The highest BCUT2D eigenvalue weighted by Crippen LogP contribution is 2.54. The number of thioether (sulfide) groups is 1. The molecule has 3 aromatic rings. The van der Waals surface area contributed by atoms with Gasteiger partial charge >= 0.3 is 6.09 Å². The number of aliphatic hydroxyl groups excluding tert-OH is 1. The van der Waals surface area contributed by atoms with Crippen molar-refractivity contribution < 1.29 is 24.3 Å². The number of carbonyl (C=O) groups excluding carboxylic acids is 1. The maximum Gasteiger partial charge on any atom is 0.419 e. The predicted octanol–water partition coefficient (Wildman–Crippen LogP) is 4.96. The second kappa shape index (κ2) is 8.14. The molecule has 0 fully saturated rings. The molecule has 32 heavy (non-hydrogen) atoms. The minimum Gasteiger partial charge on any atom is -0.496 e. The van der Waals surface area contributed by atoms with Gasteiger partial charge in [-0.3, -0.25) is 10.1 Å². The number of aromatic nitrogens is 1. The van der Waals surface area contributed by atoms with Crippen LogP contribution in [0.25, 0.3) is 10.9 Å². The zero-order valence-electron chi connectivity index (χ0n) is 18.1. The topological polar surface area (TPSA) is 104 Å². The van der Waals surface area contributed by atoms with Crippen molar-refractivity contribution >= 4 is 28.8 Å². The third-order valence-electron chi connectivity index (χ3n) is 5.30. The van der Waals surface area contributed by atoms with Crippen LogP contribution in [-0.2, 0) is 4.74 Å². The number of hydrogen-bond donors (Lipinski definition) is 1. The van der Waals surface area contributed by atoms with Gasteiger partial charge in [0.1, 0.15) is 16.6 Å². The second-order valence-electron chi connectivity index (χ2n) is 8.55. The van der Waals surface area contributed by atoms with Crippen LogP contribution in [0.4, 0.5) is 4.79 Å². The highest BCUT2D eigenvalue weighted by molar-refractivity contribution is 7.99. The fourth-order valence-electron chi connectivity index (χ4n) is 4.03. The molecule has 0 radical (unpaired) electrons. The first-order valence-electron chi connectivity index (χ1n) is 10.1. The van der Waals surface area contributed by atoms with Gasteiger partial charge in [-0.05, 0) is 32.9 Å². The van der Waals surface area contributed by atoms with Crippen molar-refractivity contribution in [3.8, 4) is 5.75 Å². The van der Waals surface area contributed by atoms with Gasteiger partial charge in [-0.2, -0.15) is 0 Å². The summed E-state index contributed by atoms with van der Waals surface area (Å²) >= 11 is 1.17. The molecule has 8 nitrogen and oxygen atoms in total. The second-order valence-corrected chi connectivity index (χ2v) is 9.68. The Morgan fingerprint density at radius 3 is 2.47 bits per heavy atom. The van der Waals surface area contributed by atoms with Crippen LogP contribution in [0.3, 0.4) is 0 Å². The van der Waals surface area contributed by atoms with E-state index >= 15 is 0 Å². The summed E-state index contributed by atoms with van der Waals surface area (Å²) in [4.78, 5) is 24.8. The summed E-state index contributed by atoms with van der Waals surface area (Å²) in [6.45, 7) is 5.31. The fraction of sp³-hybridized carbons (Fsp3) is 0.348. The van der Waals surface area contributed by atoms with Crippen LogP contribution in [0.15, 0.2) is 53.6 Å². The van der Waals surface area contributed by atoms with Gasteiger partial charge in [0.15, 0.2) is 6.10 Å². The number of nitro groups is 1. The summed E-state index contributed by atoms with van der Waals surface area (Å²) in [7, 11) is 1.49. The van der Waals surface area contributed by atoms with Crippen LogP contribution in [0.1, 0.15) is 43.3 Å². The molecule has 1 aromatic heterocycles. The summed E-state index contributed by atoms with van der Waals surface area (Å²) < 4.78 is 12.5. The molecule has 0 bridgehead atoms. The number of nitrogens with zero attached hydrogens (tertiary/aromatic N) is 2. The molecule has 0 saturated carbocycles. The summed E-state index contributed by atoms with van der Waals surface area (Å²) in [6, 6.07) is 12.7. The first kappa shape index (κ1) is 22.2. The first-order chi connectivity index (χ1) is 15.1. The van der Waals surface area contributed by atoms with Crippen molar-refractivity contribution in [2.75, 3.05) is 7.11 Å². The maximum absolute atomic E-state index is 13.2. The van der Waals surface area contributed by atoms with Crippen LogP contribution >= 0.6 is 11.8 Å². The van der Waals surface area contributed by atoms with Crippen LogP contribution in [0, 0.1) is 10.1 Å². The van der Waals surface area contributed by atoms with E-state index in [1.54, 1.807) is 69.3 Å². The van der Waals surface area contributed by atoms with Crippen molar-refractivity contribution in [2.24, 2.45) is 0 Å². The number of ether oxygens (including phenoxy) is 2. The van der Waals surface area contributed by atoms with E-state index in [4.69, 9.17) is 9.47 Å². The maximum atomic E-state index is 13.2. The van der Waals surface area contributed by atoms with Gasteiger partial charge in [0.05, 0.1) is 17.7 Å². The molecule has 3 atom stereocenters. The minimum absolute atomic E-state index is 0.365. The zero-order chi connectivity index (χ0) is 23.2. The summed E-state index contributed by atoms with van der Waals surface area (Å²) in [5.41, 5.74) is 0.733. The van der Waals surface area contributed by atoms with Crippen molar-refractivity contribution in [2.45, 2.75) is 48.8 Å². The summed E-state index contributed by atoms with van der Waals surface area (Å²) in [5.74, 6) is 0.479. The normalized spacial score (nSPS) is 20.6. The quantitative estimate of drug-likeness (QED) is 0.439. The number of methoxy groups -OCH3 is 1. The molecule has 2 aromatic carbocycles. The fourth-order valence-corrected chi connectivity index (χ4v) is 5.62. The Kier molecular flexibility index (Phi) is 5.64. The average molecular weight is 457 g/mol. The van der Waals surface area contributed by atoms with Gasteiger partial charge in [-0.25, -0.2) is 9.36 Å². The lowest BCUT2D eigenvalue weighted by molar-refractivity contribution is -0.536. The van der Waals surface area contributed by atoms with E-state index in [0.29, 0.717) is 32.8 Å². The van der Waals surface area contributed by atoms with Gasteiger partial charge in [0, 0.05) is 21.4 Å². The predicted molar refractivity (Wildman–Crippen MR) is 121 cm³/mol. The molecule has 0 spiro atoms. The SMILES string of the molecule is COc1ccccc1[C@H]1Sc2c(c3ccccc3n2C(=O)OC(C)(C)C)[C@@H](O)[C@@H]1[N+](=O)[O-]. The molecule has 0 saturated heterocycles. The van der Waals surface area contributed by atoms with Gasteiger partial charge < -0.3 is 14.6 Å². The number of aliphatic hydroxyl groups is 1. The average Bonchev–Trinajstić information content (AvgIpc) is 3.06. The number of carbonyl (C=O) groups is 1. The molecule has 1 aliphatic heterocycles. The largest absolute Gasteiger partial charge is 0.496 e. The van der Waals surface area contributed by atoms with Crippen molar-refractivity contribution in [1.82, 2.24) is 4.57 Å². The molecule has 1 aliphatic rings. The van der Waals surface area contributed by atoms with Gasteiger partial charge in [0.2, 0.25) is 0 Å². The molecule has 4 rings (SSSR count). The van der Waals surface area contributed by atoms with Crippen molar-refractivity contribution in [3.63, 3.8) is 0 Å². The Morgan fingerprint density at radius 2 is 1.81 bits per heavy atom. The first-order valence-corrected chi connectivity index (χ1v) is 11.0. The molecule has 9 heteroatoms. The monoisotopic (exact) mass is 456 g/mol. The molecule has 1 N–H and O–H groups in total. The van der Waals surface area contributed by atoms with Crippen molar-refractivity contribution in [1.29, 1.82) is 0 Å². The van der Waals surface area contributed by atoms with E-state index < -0.39 is 34.0 Å². The highest BCUT2D eigenvalue weighted by Gasteiger charge is 2.49. The highest BCUT2D eigenvalue weighted by atomic mass is 32.2. The van der Waals surface area contributed by atoms with Crippen LogP contribution < -0.4 is 4.74 Å². The van der Waals surface area contributed by atoms with Gasteiger partial charge in [-0.1, -0.05) is 48.2 Å². The molecular weight excluding hydrogens is 432 g/mol. The summed E-state index contributed by atoms with van der Waals surface area (Å²) in [6.07, 6.45) is -2.03. The van der Waals surface area contributed by atoms with E-state index in [2.05, 4.69) is 0 Å². The molecule has 0 aliphatic carbocycles. The minimum atomic E-state index is -1.43. The molecule has 168 valence electrons. The molecule has 2 heterocycles. The smallest absolute Gasteiger partial charge is 0.419 e. The standard InChI is InChI=1S/C23H24N2O6S/c1-23(2,3)31-22(27)24-15-11-7-5-9-13(15)17-19(26)18(25(28)29)20(32-21(17)24)14-10-6-8-12-16(14)30-4/h5-12,18-20,26H,1-4H3/t18-,19+,20+/m0/s1. The zero-order valence-corrected chi connectivity index (χ0v) is 19.0. The third-order valence-corrected chi connectivity index (χ3v) is 6.71. The van der Waals surface area contributed by atoms with Crippen LogP contribution in [-0.4, -0.2) is 39.4 Å². The Balaban J connectivity index is 1.96. The summed E-state index contributed by atoms with van der Waals surface area (Å²) in [5, 5.41) is 23.6. The number of fused-ring (bicyclic) bond motifs is 3. The number of para-hydroxylation sites is 2. The van der Waals surface area contributed by atoms with Crippen LogP contribution in [0.5, 0.6) is 5.75 Å². The number of hydrogen-bond acceptors (Lipinski definition) is 7. The number of benzene rings is 2. The Labute approximate surface area is 189 Å². The Morgan fingerprint density at radius 1 is 1.16 bits per heavy atom. The Bertz CT molecular complexity index is 1200. The van der Waals surface area contributed by atoms with E-state index in [1.165, 1.54) is 23.4 Å². The molecule has 0 amide bonds. The van der Waals surface area contributed by atoms with E-state index in [9.17, 15) is 20.0 Å². The molecule has 0 unspecified atom stereocenters. The lowest BCUT2D eigenvalue weighted by Crippen LogP contribution is -2.36. The lowest BCUT2D eigenvalue weighted by Gasteiger charge is -2.31. The molecular formula is C23H24N2O6S. The lowest BCUT2D eigenvalue weighted by atomic mass is 9.94. The Hall–Kier alpha value is -3.04. The van der Waals surface area contributed by atoms with E-state index in [-0.39, 0.29) is 0 Å². The number of rotatable bonds is 3. The van der Waals surface area contributed by atoms with E-state index in [0.717, 1.165) is 0 Å². The van der Waals surface area contributed by atoms with Crippen molar-refractivity contribution in [3.05, 3.63) is 69.8 Å². The van der Waals surface area contributed by atoms with Gasteiger partial charge in [-0.15, -0.1) is 0 Å². The third kappa shape index (κ3) is 3.71.